The van der Waals surface area contributed by atoms with Gasteiger partial charge in [0.15, 0.2) is 0 Å². The molecule has 2 aromatic heterocycles. The van der Waals surface area contributed by atoms with E-state index in [1.54, 1.807) is 4.80 Å². The molecule has 0 spiro atoms. The van der Waals surface area contributed by atoms with Gasteiger partial charge in [-0.15, -0.1) is 10.2 Å². The predicted molar refractivity (Wildman–Crippen MR) is 129 cm³/mol. The summed E-state index contributed by atoms with van der Waals surface area (Å²) in [6, 6.07) is 17.7. The fourth-order valence-electron chi connectivity index (χ4n) is 4.17. The van der Waals surface area contributed by atoms with Crippen LogP contribution in [0.4, 0.5) is 0 Å². The Bertz CT molecular complexity index is 1260. The van der Waals surface area contributed by atoms with Crippen LogP contribution in [0, 0.1) is 6.92 Å². The summed E-state index contributed by atoms with van der Waals surface area (Å²) in [5, 5.41) is 16.8. The summed E-state index contributed by atoms with van der Waals surface area (Å²) in [4.78, 5) is 23.0. The van der Waals surface area contributed by atoms with E-state index >= 15 is 0 Å². The van der Waals surface area contributed by atoms with E-state index < -0.39 is 0 Å². The van der Waals surface area contributed by atoms with Gasteiger partial charge in [-0.1, -0.05) is 59.8 Å². The van der Waals surface area contributed by atoms with Gasteiger partial charge in [0.25, 0.3) is 0 Å². The maximum absolute atomic E-state index is 12.7. The van der Waals surface area contributed by atoms with Gasteiger partial charge >= 0.3 is 0 Å². The molecule has 0 saturated carbocycles. The minimum Gasteiger partial charge on any atom is -0.340 e. The number of tetrazole rings is 1. The lowest BCUT2D eigenvalue weighted by Gasteiger charge is -2.34. The van der Waals surface area contributed by atoms with Crippen molar-refractivity contribution in [2.75, 3.05) is 26.2 Å². The zero-order valence-electron chi connectivity index (χ0n) is 19.7. The van der Waals surface area contributed by atoms with E-state index in [2.05, 4.69) is 30.5 Å². The standard InChI is InChI=1S/C25H28N8O2/c1-19-8-5-6-11-21(19)25-26-22(35-29-25)18-31-14-16-32(17-15-31)23(34)12-7-13-33-28-24(27-30-33)20-9-3-2-4-10-20/h2-6,8-11H,7,12-18H2,1H3. The van der Waals surface area contributed by atoms with E-state index in [4.69, 9.17) is 4.52 Å². The maximum atomic E-state index is 12.7. The minimum atomic E-state index is 0.160. The molecule has 35 heavy (non-hydrogen) atoms. The second-order valence-electron chi connectivity index (χ2n) is 8.66. The molecular formula is C25H28N8O2. The van der Waals surface area contributed by atoms with Crippen LogP contribution >= 0.6 is 0 Å². The first kappa shape index (κ1) is 22.9. The summed E-state index contributed by atoms with van der Waals surface area (Å²) in [7, 11) is 0. The number of nitrogens with zero attached hydrogens (tertiary/aromatic N) is 8. The quantitative estimate of drug-likeness (QED) is 0.385. The molecule has 1 fully saturated rings. The zero-order valence-corrected chi connectivity index (χ0v) is 19.7. The SMILES string of the molecule is Cc1ccccc1-c1noc(CN2CCN(C(=O)CCCn3nnc(-c4ccccc4)n3)CC2)n1. The normalized spacial score (nSPS) is 14.4. The highest BCUT2D eigenvalue weighted by Crippen LogP contribution is 2.20. The molecule has 180 valence electrons. The van der Waals surface area contributed by atoms with E-state index in [9.17, 15) is 4.79 Å². The van der Waals surface area contributed by atoms with Crippen LogP contribution in [0.2, 0.25) is 0 Å². The second-order valence-corrected chi connectivity index (χ2v) is 8.66. The molecule has 1 aliphatic heterocycles. The Labute approximate surface area is 203 Å². The summed E-state index contributed by atoms with van der Waals surface area (Å²) in [5.41, 5.74) is 3.03. The molecule has 1 saturated heterocycles. The number of carbonyl (C=O) groups is 1. The van der Waals surface area contributed by atoms with Gasteiger partial charge in [0, 0.05) is 43.7 Å². The van der Waals surface area contributed by atoms with Crippen molar-refractivity contribution in [3.05, 3.63) is 66.1 Å². The Morgan fingerprint density at radius 1 is 0.971 bits per heavy atom. The molecule has 10 heteroatoms. The molecule has 0 N–H and O–H groups in total. The largest absolute Gasteiger partial charge is 0.340 e. The van der Waals surface area contributed by atoms with Crippen LogP contribution in [0.15, 0.2) is 59.1 Å². The summed E-state index contributed by atoms with van der Waals surface area (Å²) in [5.74, 6) is 1.97. The molecule has 5 rings (SSSR count). The smallest absolute Gasteiger partial charge is 0.241 e. The summed E-state index contributed by atoms with van der Waals surface area (Å²) >= 11 is 0. The van der Waals surface area contributed by atoms with Crippen molar-refractivity contribution < 1.29 is 9.32 Å². The highest BCUT2D eigenvalue weighted by atomic mass is 16.5. The summed E-state index contributed by atoms with van der Waals surface area (Å²) in [6.45, 7) is 6.12. The van der Waals surface area contributed by atoms with Crippen molar-refractivity contribution >= 4 is 5.91 Å². The topological polar surface area (TPSA) is 106 Å². The van der Waals surface area contributed by atoms with Crippen molar-refractivity contribution in [3.63, 3.8) is 0 Å². The van der Waals surface area contributed by atoms with E-state index in [0.29, 0.717) is 56.6 Å². The zero-order chi connectivity index (χ0) is 24.0. The van der Waals surface area contributed by atoms with Gasteiger partial charge in [0.1, 0.15) is 0 Å². The van der Waals surface area contributed by atoms with Crippen LogP contribution in [-0.2, 0) is 17.9 Å². The highest BCUT2D eigenvalue weighted by molar-refractivity contribution is 5.76. The Morgan fingerprint density at radius 2 is 1.74 bits per heavy atom. The second kappa shape index (κ2) is 10.6. The number of amides is 1. The third-order valence-electron chi connectivity index (χ3n) is 6.17. The minimum absolute atomic E-state index is 0.160. The molecule has 0 bridgehead atoms. The number of benzene rings is 2. The van der Waals surface area contributed by atoms with Crippen molar-refractivity contribution in [3.8, 4) is 22.8 Å². The predicted octanol–water partition coefficient (Wildman–Crippen LogP) is 2.82. The van der Waals surface area contributed by atoms with Crippen molar-refractivity contribution in [2.24, 2.45) is 0 Å². The first-order chi connectivity index (χ1) is 17.2. The molecule has 3 heterocycles. The first-order valence-corrected chi connectivity index (χ1v) is 11.9. The van der Waals surface area contributed by atoms with Crippen molar-refractivity contribution in [2.45, 2.75) is 32.9 Å². The van der Waals surface area contributed by atoms with Gasteiger partial charge in [-0.3, -0.25) is 9.69 Å². The Hall–Kier alpha value is -3.92. The number of aryl methyl sites for hydroxylation is 2. The first-order valence-electron chi connectivity index (χ1n) is 11.9. The van der Waals surface area contributed by atoms with E-state index in [0.717, 1.165) is 29.8 Å². The molecule has 4 aromatic rings. The molecule has 0 radical (unpaired) electrons. The van der Waals surface area contributed by atoms with Gasteiger partial charge in [-0.05, 0) is 24.1 Å². The molecule has 2 aromatic carbocycles. The number of piperazine rings is 1. The van der Waals surface area contributed by atoms with Crippen LogP contribution in [0.25, 0.3) is 22.8 Å². The Balaban J connectivity index is 1.05. The molecule has 10 nitrogen and oxygen atoms in total. The lowest BCUT2D eigenvalue weighted by Crippen LogP contribution is -2.48. The monoisotopic (exact) mass is 472 g/mol. The van der Waals surface area contributed by atoms with Gasteiger partial charge in [0.2, 0.25) is 23.4 Å². The molecule has 1 amide bonds. The van der Waals surface area contributed by atoms with Crippen LogP contribution in [0.1, 0.15) is 24.3 Å². The van der Waals surface area contributed by atoms with Gasteiger partial charge in [0.05, 0.1) is 13.1 Å². The van der Waals surface area contributed by atoms with E-state index in [-0.39, 0.29) is 5.91 Å². The van der Waals surface area contributed by atoms with Crippen LogP contribution < -0.4 is 0 Å². The van der Waals surface area contributed by atoms with E-state index in [1.165, 1.54) is 0 Å². The number of aromatic nitrogens is 6. The van der Waals surface area contributed by atoms with E-state index in [1.807, 2.05) is 66.4 Å². The fraction of sp³-hybridized carbons (Fsp3) is 0.360. The molecule has 0 atom stereocenters. The number of rotatable bonds is 8. The van der Waals surface area contributed by atoms with Gasteiger partial charge in [-0.25, -0.2) is 0 Å². The van der Waals surface area contributed by atoms with Gasteiger partial charge in [-0.2, -0.15) is 9.78 Å². The number of hydrogen-bond donors (Lipinski definition) is 0. The van der Waals surface area contributed by atoms with Crippen molar-refractivity contribution in [1.82, 2.24) is 40.1 Å². The number of carbonyl (C=O) groups excluding carboxylic acids is 1. The third-order valence-corrected chi connectivity index (χ3v) is 6.17. The third kappa shape index (κ3) is 5.60. The average Bonchev–Trinajstić information content (AvgIpc) is 3.55. The average molecular weight is 473 g/mol. The number of hydrogen-bond acceptors (Lipinski definition) is 8. The Kier molecular flexibility index (Phi) is 6.89. The van der Waals surface area contributed by atoms with Gasteiger partial charge < -0.3 is 9.42 Å². The highest BCUT2D eigenvalue weighted by Gasteiger charge is 2.22. The molecule has 1 aliphatic rings. The van der Waals surface area contributed by atoms with Crippen molar-refractivity contribution in [1.29, 1.82) is 0 Å². The Morgan fingerprint density at radius 3 is 2.54 bits per heavy atom. The summed E-state index contributed by atoms with van der Waals surface area (Å²) in [6.07, 6.45) is 1.14. The molecular weight excluding hydrogens is 444 g/mol. The fourth-order valence-corrected chi connectivity index (χ4v) is 4.17. The molecule has 0 unspecified atom stereocenters. The summed E-state index contributed by atoms with van der Waals surface area (Å²) < 4.78 is 5.47. The van der Waals surface area contributed by atoms with Crippen LogP contribution in [-0.4, -0.2) is 72.2 Å². The van der Waals surface area contributed by atoms with Crippen LogP contribution in [0.5, 0.6) is 0 Å². The van der Waals surface area contributed by atoms with Crippen LogP contribution in [0.3, 0.4) is 0 Å². The molecule has 0 aliphatic carbocycles. The lowest BCUT2D eigenvalue weighted by molar-refractivity contribution is -0.133. The lowest BCUT2D eigenvalue weighted by atomic mass is 10.1. The maximum Gasteiger partial charge on any atom is 0.241 e.